The second-order valence-corrected chi connectivity index (χ2v) is 6.01. The van der Waals surface area contributed by atoms with Gasteiger partial charge in [0.2, 0.25) is 5.91 Å². The van der Waals surface area contributed by atoms with Crippen LogP contribution >= 0.6 is 11.8 Å². The Labute approximate surface area is 135 Å². The molecule has 0 saturated carbocycles. The van der Waals surface area contributed by atoms with Crippen molar-refractivity contribution >= 4 is 23.4 Å². The summed E-state index contributed by atoms with van der Waals surface area (Å²) in [5.41, 5.74) is 2.09. The molecule has 0 radical (unpaired) electrons. The standard InChI is InChI=1S/C16H22N4OS/c1-4-10-20-12(3)18-19-16(20)22-11-15(21)17-14-8-6-13(5-2)7-9-14/h6-9H,4-5,10-11H2,1-3H3,(H,17,21). The summed E-state index contributed by atoms with van der Waals surface area (Å²) in [6, 6.07) is 7.93. The van der Waals surface area contributed by atoms with Gasteiger partial charge in [-0.2, -0.15) is 0 Å². The fourth-order valence-electron chi connectivity index (χ4n) is 2.10. The molecule has 0 fully saturated rings. The number of benzene rings is 1. The van der Waals surface area contributed by atoms with Crippen LogP contribution in [0.2, 0.25) is 0 Å². The van der Waals surface area contributed by atoms with E-state index in [9.17, 15) is 4.79 Å². The number of amides is 1. The van der Waals surface area contributed by atoms with Gasteiger partial charge in [0.25, 0.3) is 0 Å². The number of hydrogen-bond donors (Lipinski definition) is 1. The summed E-state index contributed by atoms with van der Waals surface area (Å²) >= 11 is 1.42. The van der Waals surface area contributed by atoms with E-state index in [0.29, 0.717) is 5.75 Å². The molecule has 0 aliphatic heterocycles. The summed E-state index contributed by atoms with van der Waals surface area (Å²) in [6.07, 6.45) is 2.01. The second-order valence-electron chi connectivity index (χ2n) is 5.07. The minimum Gasteiger partial charge on any atom is -0.325 e. The fraction of sp³-hybridized carbons (Fsp3) is 0.438. The van der Waals surface area contributed by atoms with Crippen molar-refractivity contribution in [3.05, 3.63) is 35.7 Å². The molecule has 0 spiro atoms. The molecule has 0 aliphatic rings. The van der Waals surface area contributed by atoms with Gasteiger partial charge in [0, 0.05) is 12.2 Å². The molecule has 2 rings (SSSR count). The molecule has 0 aliphatic carbocycles. The highest BCUT2D eigenvalue weighted by Gasteiger charge is 2.11. The summed E-state index contributed by atoms with van der Waals surface area (Å²) in [5.74, 6) is 1.19. The number of nitrogens with zero attached hydrogens (tertiary/aromatic N) is 3. The number of carbonyl (C=O) groups is 1. The summed E-state index contributed by atoms with van der Waals surface area (Å²) < 4.78 is 2.05. The van der Waals surface area contributed by atoms with Crippen LogP contribution in [0, 0.1) is 6.92 Å². The van der Waals surface area contributed by atoms with Crippen LogP contribution in [0.25, 0.3) is 0 Å². The molecular formula is C16H22N4OS. The average molecular weight is 318 g/mol. The number of hydrogen-bond acceptors (Lipinski definition) is 4. The molecule has 1 N–H and O–H groups in total. The van der Waals surface area contributed by atoms with E-state index in [2.05, 4.69) is 29.4 Å². The highest BCUT2D eigenvalue weighted by molar-refractivity contribution is 7.99. The maximum Gasteiger partial charge on any atom is 0.234 e. The Balaban J connectivity index is 1.89. The third-order valence-corrected chi connectivity index (χ3v) is 4.29. The molecule has 0 unspecified atom stereocenters. The first kappa shape index (κ1) is 16.5. The average Bonchev–Trinajstić information content (AvgIpc) is 2.87. The Morgan fingerprint density at radius 3 is 2.59 bits per heavy atom. The van der Waals surface area contributed by atoms with E-state index in [4.69, 9.17) is 0 Å². The number of thioether (sulfide) groups is 1. The fourth-order valence-corrected chi connectivity index (χ4v) is 2.91. The zero-order chi connectivity index (χ0) is 15.9. The van der Waals surface area contributed by atoms with Gasteiger partial charge >= 0.3 is 0 Å². The maximum atomic E-state index is 12.0. The Morgan fingerprint density at radius 2 is 1.95 bits per heavy atom. The van der Waals surface area contributed by atoms with E-state index in [1.165, 1.54) is 17.3 Å². The Morgan fingerprint density at radius 1 is 1.23 bits per heavy atom. The minimum atomic E-state index is -0.0297. The van der Waals surface area contributed by atoms with E-state index < -0.39 is 0 Å². The van der Waals surface area contributed by atoms with Crippen LogP contribution < -0.4 is 5.32 Å². The van der Waals surface area contributed by atoms with Crippen LogP contribution in [0.3, 0.4) is 0 Å². The third kappa shape index (κ3) is 4.34. The molecule has 0 atom stereocenters. The van der Waals surface area contributed by atoms with Gasteiger partial charge in [-0.1, -0.05) is 37.7 Å². The quantitative estimate of drug-likeness (QED) is 0.796. The first-order chi connectivity index (χ1) is 10.6. The molecule has 1 amide bonds. The minimum absolute atomic E-state index is 0.0297. The largest absolute Gasteiger partial charge is 0.325 e. The third-order valence-electron chi connectivity index (χ3n) is 3.33. The predicted octanol–water partition coefficient (Wildman–Crippen LogP) is 3.29. The lowest BCUT2D eigenvalue weighted by atomic mass is 10.1. The molecule has 0 bridgehead atoms. The smallest absolute Gasteiger partial charge is 0.234 e. The van der Waals surface area contributed by atoms with E-state index >= 15 is 0 Å². The van der Waals surface area contributed by atoms with Crippen LogP contribution in [-0.2, 0) is 17.8 Å². The number of nitrogens with one attached hydrogen (secondary N) is 1. The normalized spacial score (nSPS) is 10.7. The van der Waals surface area contributed by atoms with Crippen molar-refractivity contribution < 1.29 is 4.79 Å². The highest BCUT2D eigenvalue weighted by atomic mass is 32.2. The topological polar surface area (TPSA) is 59.8 Å². The SMILES string of the molecule is CCCn1c(C)nnc1SCC(=O)Nc1ccc(CC)cc1. The van der Waals surface area contributed by atoms with E-state index in [1.807, 2.05) is 35.8 Å². The molecule has 118 valence electrons. The lowest BCUT2D eigenvalue weighted by Gasteiger charge is -2.07. The monoisotopic (exact) mass is 318 g/mol. The maximum absolute atomic E-state index is 12.0. The van der Waals surface area contributed by atoms with Crippen LogP contribution in [-0.4, -0.2) is 26.4 Å². The second kappa shape index (κ2) is 7.98. The van der Waals surface area contributed by atoms with Crippen molar-refractivity contribution in [2.45, 2.75) is 45.3 Å². The molecule has 2 aromatic rings. The van der Waals surface area contributed by atoms with Crippen molar-refractivity contribution in [3.8, 4) is 0 Å². The number of carbonyl (C=O) groups excluding carboxylic acids is 1. The van der Waals surface area contributed by atoms with Gasteiger partial charge in [-0.05, 0) is 37.5 Å². The van der Waals surface area contributed by atoms with Crippen molar-refractivity contribution in [3.63, 3.8) is 0 Å². The van der Waals surface area contributed by atoms with E-state index in [0.717, 1.165) is 36.1 Å². The number of anilines is 1. The van der Waals surface area contributed by atoms with Crippen LogP contribution in [0.1, 0.15) is 31.7 Å². The van der Waals surface area contributed by atoms with Gasteiger partial charge in [0.1, 0.15) is 5.82 Å². The van der Waals surface area contributed by atoms with Crippen molar-refractivity contribution in [1.82, 2.24) is 14.8 Å². The molecule has 1 heterocycles. The van der Waals surface area contributed by atoms with Crippen LogP contribution in [0.4, 0.5) is 5.69 Å². The number of aryl methyl sites for hydroxylation is 2. The highest BCUT2D eigenvalue weighted by Crippen LogP contribution is 2.18. The first-order valence-corrected chi connectivity index (χ1v) is 8.54. The summed E-state index contributed by atoms with van der Waals surface area (Å²) in [6.45, 7) is 7.03. The van der Waals surface area contributed by atoms with Gasteiger partial charge in [-0.3, -0.25) is 4.79 Å². The molecule has 5 nitrogen and oxygen atoms in total. The Bertz CT molecular complexity index is 622. The van der Waals surface area contributed by atoms with Gasteiger partial charge < -0.3 is 9.88 Å². The van der Waals surface area contributed by atoms with Crippen LogP contribution in [0.5, 0.6) is 0 Å². The Kier molecular flexibility index (Phi) is 6.00. The van der Waals surface area contributed by atoms with Gasteiger partial charge in [-0.25, -0.2) is 0 Å². The lowest BCUT2D eigenvalue weighted by molar-refractivity contribution is -0.113. The molecular weight excluding hydrogens is 296 g/mol. The van der Waals surface area contributed by atoms with Crippen LogP contribution in [0.15, 0.2) is 29.4 Å². The molecule has 6 heteroatoms. The lowest BCUT2D eigenvalue weighted by Crippen LogP contribution is -2.14. The van der Waals surface area contributed by atoms with Crippen molar-refractivity contribution in [1.29, 1.82) is 0 Å². The van der Waals surface area contributed by atoms with Crippen molar-refractivity contribution in [2.75, 3.05) is 11.1 Å². The number of rotatable bonds is 7. The summed E-state index contributed by atoms with van der Waals surface area (Å²) in [5, 5.41) is 11.9. The zero-order valence-corrected chi connectivity index (χ0v) is 14.1. The van der Waals surface area contributed by atoms with Crippen molar-refractivity contribution in [2.24, 2.45) is 0 Å². The van der Waals surface area contributed by atoms with Gasteiger partial charge in [0.15, 0.2) is 5.16 Å². The molecule has 1 aromatic carbocycles. The predicted molar refractivity (Wildman–Crippen MR) is 90.2 cm³/mol. The first-order valence-electron chi connectivity index (χ1n) is 7.55. The van der Waals surface area contributed by atoms with E-state index in [1.54, 1.807) is 0 Å². The van der Waals surface area contributed by atoms with Gasteiger partial charge in [-0.15, -0.1) is 10.2 Å². The van der Waals surface area contributed by atoms with E-state index in [-0.39, 0.29) is 5.91 Å². The van der Waals surface area contributed by atoms with Gasteiger partial charge in [0.05, 0.1) is 5.75 Å². The molecule has 22 heavy (non-hydrogen) atoms. The number of aromatic nitrogens is 3. The summed E-state index contributed by atoms with van der Waals surface area (Å²) in [4.78, 5) is 12.0. The molecule has 1 aromatic heterocycles. The summed E-state index contributed by atoms with van der Waals surface area (Å²) in [7, 11) is 0. The Hall–Kier alpha value is -1.82. The zero-order valence-electron chi connectivity index (χ0n) is 13.3. The molecule has 0 saturated heterocycles.